The molecule has 0 radical (unpaired) electrons. The Morgan fingerprint density at radius 1 is 1.00 bits per heavy atom. The monoisotopic (exact) mass is 168 g/mol. The number of aliphatic hydroxyl groups excluding tert-OH is 1. The molecule has 0 rings (SSSR count). The number of hydrogen-bond acceptors (Lipinski definition) is 3. The van der Waals surface area contributed by atoms with Gasteiger partial charge in [-0.3, -0.25) is 0 Å². The minimum absolute atomic E-state index is 0. The zero-order chi connectivity index (χ0) is 6.73. The van der Waals surface area contributed by atoms with E-state index in [4.69, 9.17) is 15.3 Å². The number of carboxylic acids is 2. The van der Waals surface area contributed by atoms with Crippen LogP contribution in [0.15, 0.2) is 0 Å². The SMILES string of the molecule is O=C(O)C(O)C(=O)O.[NaH].[NaH]. The van der Waals surface area contributed by atoms with Crippen molar-refractivity contribution in [1.29, 1.82) is 0 Å². The Hall–Kier alpha value is 0.900. The van der Waals surface area contributed by atoms with Gasteiger partial charge in [-0.2, -0.15) is 0 Å². The molecule has 0 aliphatic rings. The summed E-state index contributed by atoms with van der Waals surface area (Å²) in [7, 11) is 0. The molecule has 0 bridgehead atoms. The van der Waals surface area contributed by atoms with E-state index < -0.39 is 18.0 Å². The van der Waals surface area contributed by atoms with E-state index in [-0.39, 0.29) is 59.1 Å². The maximum atomic E-state index is 9.51. The van der Waals surface area contributed by atoms with Gasteiger partial charge < -0.3 is 15.3 Å². The standard InChI is InChI=1S/C3H4O5.2Na.2H/c4-1(2(5)6)3(7)8;;;;/h1,4H,(H,5,6)(H,7,8);;;;. The van der Waals surface area contributed by atoms with Crippen LogP contribution in [0, 0.1) is 0 Å². The van der Waals surface area contributed by atoms with Crippen molar-refractivity contribution >= 4 is 71.1 Å². The van der Waals surface area contributed by atoms with Crippen molar-refractivity contribution in [3.8, 4) is 0 Å². The molecule has 0 spiro atoms. The van der Waals surface area contributed by atoms with E-state index in [1.807, 2.05) is 0 Å². The molecule has 0 saturated heterocycles. The van der Waals surface area contributed by atoms with Gasteiger partial charge in [0.05, 0.1) is 0 Å². The Bertz CT molecular complexity index is 110. The molecule has 3 N–H and O–H groups in total. The van der Waals surface area contributed by atoms with Crippen LogP contribution in [0.25, 0.3) is 0 Å². The van der Waals surface area contributed by atoms with Crippen LogP contribution >= 0.6 is 0 Å². The van der Waals surface area contributed by atoms with Gasteiger partial charge in [0.2, 0.25) is 6.10 Å². The molecular formula is C3H6Na2O5. The Labute approximate surface area is 101 Å². The normalized spacial score (nSPS) is 7.40. The summed E-state index contributed by atoms with van der Waals surface area (Å²) in [6.45, 7) is 0. The first-order valence-corrected chi connectivity index (χ1v) is 1.69. The fourth-order valence-corrected chi connectivity index (χ4v) is 0.106. The third-order valence-electron chi connectivity index (χ3n) is 0.468. The van der Waals surface area contributed by atoms with E-state index in [9.17, 15) is 9.59 Å². The van der Waals surface area contributed by atoms with Crippen LogP contribution in [0.5, 0.6) is 0 Å². The third-order valence-corrected chi connectivity index (χ3v) is 0.468. The second kappa shape index (κ2) is 8.00. The third kappa shape index (κ3) is 7.01. The minimum atomic E-state index is -2.30. The van der Waals surface area contributed by atoms with Crippen LogP contribution in [0.4, 0.5) is 0 Å². The quantitative estimate of drug-likeness (QED) is 0.306. The molecule has 5 nitrogen and oxygen atoms in total. The van der Waals surface area contributed by atoms with Crippen molar-refractivity contribution in [2.24, 2.45) is 0 Å². The molecule has 0 aromatic heterocycles. The Morgan fingerprint density at radius 3 is 1.20 bits per heavy atom. The van der Waals surface area contributed by atoms with E-state index in [1.54, 1.807) is 0 Å². The summed E-state index contributed by atoms with van der Waals surface area (Å²) in [6, 6.07) is 0. The van der Waals surface area contributed by atoms with E-state index in [0.29, 0.717) is 0 Å². The average molecular weight is 168 g/mol. The molecule has 0 saturated carbocycles. The molecule has 0 amide bonds. The van der Waals surface area contributed by atoms with Gasteiger partial charge in [-0.25, -0.2) is 9.59 Å². The Kier molecular flexibility index (Phi) is 13.7. The zero-order valence-corrected chi connectivity index (χ0v) is 3.74. The number of hydrogen-bond donors (Lipinski definition) is 3. The Morgan fingerprint density at radius 2 is 1.20 bits per heavy atom. The molecule has 10 heavy (non-hydrogen) atoms. The van der Waals surface area contributed by atoms with Gasteiger partial charge in [0.15, 0.2) is 0 Å². The van der Waals surface area contributed by atoms with Crippen molar-refractivity contribution in [2.75, 3.05) is 0 Å². The summed E-state index contributed by atoms with van der Waals surface area (Å²) in [5.74, 6) is -3.50. The van der Waals surface area contributed by atoms with Crippen molar-refractivity contribution in [3.05, 3.63) is 0 Å². The molecule has 0 aliphatic heterocycles. The van der Waals surface area contributed by atoms with Crippen LogP contribution in [0.3, 0.4) is 0 Å². The fourth-order valence-electron chi connectivity index (χ4n) is 0.106. The van der Waals surface area contributed by atoms with Crippen LogP contribution in [-0.2, 0) is 9.59 Å². The molecule has 0 aliphatic carbocycles. The molecule has 0 heterocycles. The zero-order valence-electron chi connectivity index (χ0n) is 3.74. The van der Waals surface area contributed by atoms with E-state index in [0.717, 1.165) is 0 Å². The molecule has 0 atom stereocenters. The molecule has 7 heteroatoms. The first-order chi connectivity index (χ1) is 3.55. The maximum absolute atomic E-state index is 9.51. The van der Waals surface area contributed by atoms with Crippen LogP contribution < -0.4 is 0 Å². The van der Waals surface area contributed by atoms with Gasteiger partial charge in [0, 0.05) is 0 Å². The van der Waals surface area contributed by atoms with Gasteiger partial charge in [0.1, 0.15) is 0 Å². The van der Waals surface area contributed by atoms with Gasteiger partial charge in [-0.15, -0.1) is 0 Å². The van der Waals surface area contributed by atoms with E-state index in [2.05, 4.69) is 0 Å². The van der Waals surface area contributed by atoms with Gasteiger partial charge in [0.25, 0.3) is 0 Å². The van der Waals surface area contributed by atoms with E-state index in [1.165, 1.54) is 0 Å². The first-order valence-electron chi connectivity index (χ1n) is 1.69. The summed E-state index contributed by atoms with van der Waals surface area (Å²) in [5, 5.41) is 23.4. The van der Waals surface area contributed by atoms with Gasteiger partial charge in [-0.1, -0.05) is 0 Å². The summed E-state index contributed by atoms with van der Waals surface area (Å²) >= 11 is 0. The van der Waals surface area contributed by atoms with E-state index >= 15 is 0 Å². The van der Waals surface area contributed by atoms with Crippen molar-refractivity contribution in [2.45, 2.75) is 6.10 Å². The topological polar surface area (TPSA) is 94.8 Å². The number of carboxylic acid groups (broad SMARTS) is 2. The molecule has 0 unspecified atom stereocenters. The van der Waals surface area contributed by atoms with Crippen LogP contribution in [0.2, 0.25) is 0 Å². The predicted molar refractivity (Wildman–Crippen MR) is 35.6 cm³/mol. The number of rotatable bonds is 2. The number of aliphatic carboxylic acids is 2. The predicted octanol–water partition coefficient (Wildman–Crippen LogP) is -2.78. The molecular weight excluding hydrogens is 162 g/mol. The second-order valence-corrected chi connectivity index (χ2v) is 1.08. The van der Waals surface area contributed by atoms with Crippen LogP contribution in [0.1, 0.15) is 0 Å². The molecule has 0 fully saturated rings. The van der Waals surface area contributed by atoms with Crippen molar-refractivity contribution in [1.82, 2.24) is 0 Å². The van der Waals surface area contributed by atoms with Gasteiger partial charge >= 0.3 is 71.1 Å². The summed E-state index contributed by atoms with van der Waals surface area (Å²) in [5.41, 5.74) is 0. The average Bonchev–Trinajstić information content (AvgIpc) is 1.64. The fraction of sp³-hybridized carbons (Fsp3) is 0.333. The van der Waals surface area contributed by atoms with Crippen LogP contribution in [-0.4, -0.2) is 92.5 Å². The number of carbonyl (C=O) groups is 2. The Balaban J connectivity index is -0.000000245. The summed E-state index contributed by atoms with van der Waals surface area (Å²) in [4.78, 5) is 19.0. The van der Waals surface area contributed by atoms with Gasteiger partial charge in [-0.05, 0) is 0 Å². The molecule has 0 aromatic carbocycles. The summed E-state index contributed by atoms with van der Waals surface area (Å²) < 4.78 is 0. The molecule has 0 aromatic rings. The summed E-state index contributed by atoms with van der Waals surface area (Å²) in [6.07, 6.45) is -2.30. The second-order valence-electron chi connectivity index (χ2n) is 1.08. The van der Waals surface area contributed by atoms with Crippen molar-refractivity contribution in [3.63, 3.8) is 0 Å². The van der Waals surface area contributed by atoms with Crippen molar-refractivity contribution < 1.29 is 24.9 Å². The first kappa shape index (κ1) is 17.1. The number of aliphatic hydroxyl groups is 1. The molecule has 50 valence electrons.